The van der Waals surface area contributed by atoms with Crippen LogP contribution in [-0.4, -0.2) is 48.6 Å². The van der Waals surface area contributed by atoms with Gasteiger partial charge >= 0.3 is 6.03 Å². The summed E-state index contributed by atoms with van der Waals surface area (Å²) in [7, 11) is -0.563. The zero-order chi connectivity index (χ0) is 24.9. The molecular formula is C22H26N6O5S. The first-order valence-corrected chi connectivity index (χ1v) is 11.9. The van der Waals surface area contributed by atoms with Crippen LogP contribution in [0.25, 0.3) is 11.3 Å². The van der Waals surface area contributed by atoms with Gasteiger partial charge in [0, 0.05) is 18.8 Å². The Bertz CT molecular complexity index is 1300. The van der Waals surface area contributed by atoms with Gasteiger partial charge in [0.15, 0.2) is 0 Å². The molecular weight excluding hydrogens is 460 g/mol. The van der Waals surface area contributed by atoms with Crippen LogP contribution in [0.3, 0.4) is 0 Å². The molecule has 0 bridgehead atoms. The van der Waals surface area contributed by atoms with Gasteiger partial charge in [-0.25, -0.2) is 13.2 Å². The highest BCUT2D eigenvalue weighted by molar-refractivity contribution is 7.89. The Kier molecular flexibility index (Phi) is 7.51. The minimum atomic E-state index is -3.45. The van der Waals surface area contributed by atoms with E-state index in [-0.39, 0.29) is 12.4 Å². The average molecular weight is 487 g/mol. The quantitative estimate of drug-likeness (QED) is 0.345. The number of hydrogen-bond acceptors (Lipinski definition) is 8. The third kappa shape index (κ3) is 5.34. The molecule has 0 aliphatic rings. The van der Waals surface area contributed by atoms with E-state index in [2.05, 4.69) is 15.6 Å². The van der Waals surface area contributed by atoms with Gasteiger partial charge in [0.1, 0.15) is 18.1 Å². The van der Waals surface area contributed by atoms with E-state index in [1.165, 1.54) is 20.4 Å². The summed E-state index contributed by atoms with van der Waals surface area (Å²) >= 11 is 0. The van der Waals surface area contributed by atoms with Gasteiger partial charge in [-0.1, -0.05) is 11.3 Å². The van der Waals surface area contributed by atoms with Crippen molar-refractivity contribution >= 4 is 21.7 Å². The van der Waals surface area contributed by atoms with Crippen molar-refractivity contribution < 1.29 is 22.7 Å². The van der Waals surface area contributed by atoms with E-state index in [0.717, 1.165) is 20.2 Å². The minimum absolute atomic E-state index is 0.0422. The number of benzene rings is 2. The second-order valence-electron chi connectivity index (χ2n) is 7.28. The third-order valence-corrected chi connectivity index (χ3v) is 6.60. The molecule has 0 unspecified atom stereocenters. The number of urea groups is 1. The lowest BCUT2D eigenvalue weighted by atomic mass is 10.1. The highest BCUT2D eigenvalue weighted by Crippen LogP contribution is 2.30. The van der Waals surface area contributed by atoms with Crippen LogP contribution >= 0.6 is 0 Å². The average Bonchev–Trinajstić information content (AvgIpc) is 3.34. The fourth-order valence-electron chi connectivity index (χ4n) is 3.13. The van der Waals surface area contributed by atoms with Crippen LogP contribution in [0.4, 0.5) is 10.5 Å². The van der Waals surface area contributed by atoms with Gasteiger partial charge in [-0.2, -0.15) is 19.7 Å². The molecule has 2 N–H and O–H groups in total. The number of hydrogen-bond donors (Lipinski definition) is 2. The SMILES string of the molecule is CCS(=O)(=O)n1ccc(-c2ccc(OCc3c(NC(=O)N(C)N=N)cccc3OC)c(C)c2)n1. The van der Waals surface area contributed by atoms with E-state index in [1.54, 1.807) is 43.3 Å². The summed E-state index contributed by atoms with van der Waals surface area (Å²) in [6, 6.07) is 11.7. The van der Waals surface area contributed by atoms with Crippen LogP contribution in [0, 0.1) is 12.5 Å². The number of nitrogens with one attached hydrogen (secondary N) is 2. The molecule has 3 rings (SSSR count). The molecule has 0 saturated carbocycles. The van der Waals surface area contributed by atoms with Crippen molar-refractivity contribution in [1.82, 2.24) is 14.2 Å². The second-order valence-corrected chi connectivity index (χ2v) is 9.40. The Hall–Kier alpha value is -3.93. The number of aryl methyl sites for hydroxylation is 1. The molecule has 0 aliphatic heterocycles. The fourth-order valence-corrected chi connectivity index (χ4v) is 3.86. The Morgan fingerprint density at radius 1 is 1.24 bits per heavy atom. The molecule has 0 aliphatic carbocycles. The lowest BCUT2D eigenvalue weighted by Gasteiger charge is -2.17. The van der Waals surface area contributed by atoms with Gasteiger partial charge in [0.2, 0.25) is 0 Å². The number of methoxy groups -OCH3 is 1. The standard InChI is InChI=1S/C22H26N6O5S/c1-5-34(30,31)28-12-11-18(25-28)16-9-10-20(15(2)13-16)33-14-17-19(7-6-8-21(17)32-4)24-22(29)27(3)26-23/h6-13,23H,5,14H2,1-4H3,(H,24,29). The number of ether oxygens (including phenoxy) is 2. The van der Waals surface area contributed by atoms with Crippen molar-refractivity contribution in [2.24, 2.45) is 5.22 Å². The van der Waals surface area contributed by atoms with Gasteiger partial charge in [-0.3, -0.25) is 0 Å². The van der Waals surface area contributed by atoms with E-state index in [4.69, 9.17) is 15.0 Å². The number of anilines is 1. The molecule has 34 heavy (non-hydrogen) atoms. The predicted molar refractivity (Wildman–Crippen MR) is 127 cm³/mol. The highest BCUT2D eigenvalue weighted by Gasteiger charge is 2.16. The summed E-state index contributed by atoms with van der Waals surface area (Å²) in [5.74, 6) is 1.09. The number of aromatic nitrogens is 2. The Morgan fingerprint density at radius 3 is 2.65 bits per heavy atom. The molecule has 2 aromatic carbocycles. The number of carbonyl (C=O) groups is 1. The topological polar surface area (TPSA) is 139 Å². The monoisotopic (exact) mass is 486 g/mol. The molecule has 3 aromatic rings. The van der Waals surface area contributed by atoms with Crippen molar-refractivity contribution in [2.45, 2.75) is 20.5 Å². The van der Waals surface area contributed by atoms with Crippen LogP contribution < -0.4 is 14.8 Å². The first-order valence-electron chi connectivity index (χ1n) is 10.3. The largest absolute Gasteiger partial charge is 0.496 e. The normalized spacial score (nSPS) is 11.1. The van der Waals surface area contributed by atoms with Crippen LogP contribution in [0.1, 0.15) is 18.1 Å². The zero-order valence-electron chi connectivity index (χ0n) is 19.3. The summed E-state index contributed by atoms with van der Waals surface area (Å²) in [5.41, 5.74) is 10.2. The molecule has 180 valence electrons. The molecule has 1 aromatic heterocycles. The van der Waals surface area contributed by atoms with Gasteiger partial charge < -0.3 is 14.8 Å². The van der Waals surface area contributed by atoms with Crippen molar-refractivity contribution in [3.8, 4) is 22.8 Å². The molecule has 0 saturated heterocycles. The van der Waals surface area contributed by atoms with Crippen LogP contribution in [-0.2, 0) is 16.6 Å². The summed E-state index contributed by atoms with van der Waals surface area (Å²) in [6.45, 7) is 3.54. The summed E-state index contributed by atoms with van der Waals surface area (Å²) in [5, 5.41) is 10.8. The minimum Gasteiger partial charge on any atom is -0.496 e. The van der Waals surface area contributed by atoms with Crippen molar-refractivity contribution in [3.63, 3.8) is 0 Å². The third-order valence-electron chi connectivity index (χ3n) is 5.10. The van der Waals surface area contributed by atoms with Gasteiger partial charge in [0.05, 0.1) is 29.8 Å². The Labute approximate surface area is 197 Å². The molecule has 12 heteroatoms. The van der Waals surface area contributed by atoms with Gasteiger partial charge in [-0.15, -0.1) is 0 Å². The summed E-state index contributed by atoms with van der Waals surface area (Å²) < 4.78 is 36.4. The highest BCUT2D eigenvalue weighted by atomic mass is 32.2. The first kappa shape index (κ1) is 24.7. The van der Waals surface area contributed by atoms with Crippen molar-refractivity contribution in [1.29, 1.82) is 5.53 Å². The van der Waals surface area contributed by atoms with Crippen LogP contribution in [0.2, 0.25) is 0 Å². The molecule has 0 atom stereocenters. The fraction of sp³-hybridized carbons (Fsp3) is 0.273. The van der Waals surface area contributed by atoms with E-state index in [9.17, 15) is 13.2 Å². The Balaban J connectivity index is 1.81. The predicted octanol–water partition coefficient (Wildman–Crippen LogP) is 4.05. The molecule has 11 nitrogen and oxygen atoms in total. The number of amides is 2. The van der Waals surface area contributed by atoms with Crippen molar-refractivity contribution in [2.75, 3.05) is 25.2 Å². The molecule has 1 heterocycles. The van der Waals surface area contributed by atoms with Crippen LogP contribution in [0.5, 0.6) is 11.5 Å². The number of rotatable bonds is 9. The number of nitrogens with zero attached hydrogens (tertiary/aromatic N) is 4. The lowest BCUT2D eigenvalue weighted by molar-refractivity contribution is 0.220. The first-order chi connectivity index (χ1) is 16.2. The van der Waals surface area contributed by atoms with Crippen LogP contribution in [0.15, 0.2) is 53.9 Å². The van der Waals surface area contributed by atoms with E-state index in [0.29, 0.717) is 28.4 Å². The van der Waals surface area contributed by atoms with E-state index < -0.39 is 16.1 Å². The summed E-state index contributed by atoms with van der Waals surface area (Å²) in [6.07, 6.45) is 1.43. The molecule has 2 amide bonds. The maximum atomic E-state index is 12.2. The Morgan fingerprint density at radius 2 is 2.00 bits per heavy atom. The number of carbonyl (C=O) groups excluding carboxylic acids is 1. The maximum absolute atomic E-state index is 12.2. The lowest BCUT2D eigenvalue weighted by Crippen LogP contribution is -2.26. The van der Waals surface area contributed by atoms with E-state index in [1.807, 2.05) is 13.0 Å². The maximum Gasteiger partial charge on any atom is 0.343 e. The zero-order valence-corrected chi connectivity index (χ0v) is 20.1. The molecule has 0 spiro atoms. The van der Waals surface area contributed by atoms with Gasteiger partial charge in [-0.05, 0) is 55.8 Å². The van der Waals surface area contributed by atoms with Crippen molar-refractivity contribution in [3.05, 3.63) is 59.8 Å². The smallest absolute Gasteiger partial charge is 0.343 e. The van der Waals surface area contributed by atoms with Gasteiger partial charge in [0.25, 0.3) is 10.0 Å². The van der Waals surface area contributed by atoms with E-state index >= 15 is 0 Å². The molecule has 0 fully saturated rings. The second kappa shape index (κ2) is 10.3. The molecule has 0 radical (unpaired) electrons. The summed E-state index contributed by atoms with van der Waals surface area (Å²) in [4.78, 5) is 12.2.